The highest BCUT2D eigenvalue weighted by molar-refractivity contribution is 5.88. The van der Waals surface area contributed by atoms with Crippen molar-refractivity contribution in [2.45, 2.75) is 91.7 Å². The van der Waals surface area contributed by atoms with Gasteiger partial charge in [0.05, 0.1) is 29.9 Å². The number of carbonyl (C=O) groups excluding carboxylic acids is 1. The normalized spacial score (nSPS) is 15.3. The summed E-state index contributed by atoms with van der Waals surface area (Å²) in [5.41, 5.74) is 4.04. The second-order valence-corrected chi connectivity index (χ2v) is 13.1. The lowest BCUT2D eigenvalue weighted by atomic mass is 9.90. The van der Waals surface area contributed by atoms with Gasteiger partial charge in [-0.2, -0.15) is 13.2 Å². The van der Waals surface area contributed by atoms with E-state index in [1.807, 2.05) is 56.9 Å². The Morgan fingerprint density at radius 3 is 2.11 bits per heavy atom. The number of halogens is 4. The van der Waals surface area contributed by atoms with Crippen LogP contribution in [0.25, 0.3) is 11.1 Å². The number of hydrogen-bond donors (Lipinski definition) is 0. The topological polar surface area (TPSA) is 60.9 Å². The van der Waals surface area contributed by atoms with E-state index in [0.29, 0.717) is 47.0 Å². The number of esters is 1. The molecule has 0 aliphatic carbocycles. The van der Waals surface area contributed by atoms with Crippen LogP contribution in [0.5, 0.6) is 5.75 Å². The number of rotatable bonds is 10. The number of aromatic nitrogens is 1. The molecular formula is C36H44F4N2O4. The molecule has 4 rings (SSSR count). The van der Waals surface area contributed by atoms with E-state index in [-0.39, 0.29) is 31.7 Å². The Balaban J connectivity index is 1.76. The van der Waals surface area contributed by atoms with Crippen LogP contribution in [-0.4, -0.2) is 48.5 Å². The second-order valence-electron chi connectivity index (χ2n) is 13.1. The van der Waals surface area contributed by atoms with Gasteiger partial charge < -0.3 is 19.1 Å². The standard InChI is InChI=1S/C36H44F4N2O4/c1-22(2)45-34(43)33(46-35(5,6)7)31-24(4)41-23(3)30(32(31)42-19-16-27(17-20-42)36(38,39)40)26-10-14-29(15-11-26)44-21-18-25-8-12-28(37)13-9-25/h8-15,22,27,33H,16-21H2,1-7H3. The lowest BCUT2D eigenvalue weighted by molar-refractivity contribution is -0.179. The van der Waals surface area contributed by atoms with Crippen LogP contribution >= 0.6 is 0 Å². The third-order valence-corrected chi connectivity index (χ3v) is 7.87. The molecule has 10 heteroatoms. The van der Waals surface area contributed by atoms with Crippen molar-refractivity contribution in [3.63, 3.8) is 0 Å². The summed E-state index contributed by atoms with van der Waals surface area (Å²) in [4.78, 5) is 20.4. The number of benzene rings is 2. The highest BCUT2D eigenvalue weighted by Gasteiger charge is 2.43. The fraction of sp³-hybridized carbons (Fsp3) is 0.500. The summed E-state index contributed by atoms with van der Waals surface area (Å²) in [6.07, 6.45) is -5.35. The Bertz CT molecular complexity index is 1470. The number of alkyl halides is 3. The zero-order valence-electron chi connectivity index (χ0n) is 27.6. The Labute approximate surface area is 269 Å². The van der Waals surface area contributed by atoms with E-state index in [0.717, 1.165) is 11.1 Å². The van der Waals surface area contributed by atoms with E-state index in [2.05, 4.69) is 0 Å². The maximum Gasteiger partial charge on any atom is 0.391 e. The van der Waals surface area contributed by atoms with Crippen molar-refractivity contribution in [3.05, 3.63) is 76.9 Å². The molecule has 250 valence electrons. The lowest BCUT2D eigenvalue weighted by Crippen LogP contribution is -2.40. The Morgan fingerprint density at radius 1 is 0.957 bits per heavy atom. The van der Waals surface area contributed by atoms with Crippen molar-refractivity contribution in [3.8, 4) is 16.9 Å². The molecule has 0 radical (unpaired) electrons. The van der Waals surface area contributed by atoms with Gasteiger partial charge in [-0.15, -0.1) is 0 Å². The summed E-state index contributed by atoms with van der Waals surface area (Å²) in [5.74, 6) is -1.63. The van der Waals surface area contributed by atoms with Gasteiger partial charge in [0.25, 0.3) is 0 Å². The molecular weight excluding hydrogens is 600 g/mol. The van der Waals surface area contributed by atoms with Gasteiger partial charge >= 0.3 is 12.1 Å². The molecule has 1 unspecified atom stereocenters. The van der Waals surface area contributed by atoms with E-state index in [1.165, 1.54) is 12.1 Å². The Hall–Kier alpha value is -3.66. The predicted octanol–water partition coefficient (Wildman–Crippen LogP) is 8.71. The van der Waals surface area contributed by atoms with E-state index in [1.54, 1.807) is 32.9 Å². The molecule has 1 atom stereocenters. The molecule has 1 saturated heterocycles. The van der Waals surface area contributed by atoms with Crippen molar-refractivity contribution in [1.29, 1.82) is 0 Å². The van der Waals surface area contributed by atoms with Crippen molar-refractivity contribution in [2.75, 3.05) is 24.6 Å². The number of hydrogen-bond acceptors (Lipinski definition) is 6. The van der Waals surface area contributed by atoms with Crippen molar-refractivity contribution >= 4 is 11.7 Å². The van der Waals surface area contributed by atoms with Gasteiger partial charge in [-0.05, 0) is 96.7 Å². The zero-order chi connectivity index (χ0) is 33.8. The third-order valence-electron chi connectivity index (χ3n) is 7.87. The molecule has 0 amide bonds. The molecule has 46 heavy (non-hydrogen) atoms. The predicted molar refractivity (Wildman–Crippen MR) is 171 cm³/mol. The van der Waals surface area contributed by atoms with Crippen molar-refractivity contribution in [1.82, 2.24) is 4.98 Å². The average molecular weight is 645 g/mol. The molecule has 0 saturated carbocycles. The number of carbonyl (C=O) groups is 1. The molecule has 0 N–H and O–H groups in total. The van der Waals surface area contributed by atoms with Crippen LogP contribution in [0.15, 0.2) is 48.5 Å². The van der Waals surface area contributed by atoms with E-state index in [4.69, 9.17) is 19.2 Å². The van der Waals surface area contributed by atoms with Gasteiger partial charge in [0.2, 0.25) is 0 Å². The molecule has 2 heterocycles. The summed E-state index contributed by atoms with van der Waals surface area (Å²) in [7, 11) is 0. The first-order valence-corrected chi connectivity index (χ1v) is 15.7. The lowest BCUT2D eigenvalue weighted by Gasteiger charge is -2.39. The highest BCUT2D eigenvalue weighted by Crippen LogP contribution is 2.45. The molecule has 6 nitrogen and oxygen atoms in total. The first-order valence-electron chi connectivity index (χ1n) is 15.7. The summed E-state index contributed by atoms with van der Waals surface area (Å²) in [5, 5.41) is 0. The summed E-state index contributed by atoms with van der Waals surface area (Å²) < 4.78 is 72.2. The fourth-order valence-electron chi connectivity index (χ4n) is 5.79. The maximum atomic E-state index is 13.7. The zero-order valence-corrected chi connectivity index (χ0v) is 27.6. The van der Waals surface area contributed by atoms with Gasteiger partial charge in [0.15, 0.2) is 6.10 Å². The number of anilines is 1. The fourth-order valence-corrected chi connectivity index (χ4v) is 5.79. The maximum absolute atomic E-state index is 13.7. The summed E-state index contributed by atoms with van der Waals surface area (Å²) >= 11 is 0. The summed E-state index contributed by atoms with van der Waals surface area (Å²) in [6, 6.07) is 13.7. The number of ether oxygens (including phenoxy) is 3. The van der Waals surface area contributed by atoms with Crippen LogP contribution in [0.4, 0.5) is 23.2 Å². The second kappa shape index (κ2) is 14.4. The molecule has 2 aromatic carbocycles. The number of piperidine rings is 1. The van der Waals surface area contributed by atoms with Crippen LogP contribution in [0.3, 0.4) is 0 Å². The molecule has 0 spiro atoms. The minimum absolute atomic E-state index is 0.0646. The average Bonchev–Trinajstić information content (AvgIpc) is 2.96. The molecule has 0 bridgehead atoms. The molecule has 1 aromatic heterocycles. The van der Waals surface area contributed by atoms with Crippen LogP contribution < -0.4 is 9.64 Å². The quantitative estimate of drug-likeness (QED) is 0.163. The minimum Gasteiger partial charge on any atom is -0.493 e. The van der Waals surface area contributed by atoms with E-state index in [9.17, 15) is 22.4 Å². The van der Waals surface area contributed by atoms with Gasteiger partial charge in [0, 0.05) is 42.0 Å². The first kappa shape index (κ1) is 35.2. The van der Waals surface area contributed by atoms with Crippen LogP contribution in [0.2, 0.25) is 0 Å². The van der Waals surface area contributed by atoms with Crippen molar-refractivity contribution in [2.24, 2.45) is 5.92 Å². The monoisotopic (exact) mass is 644 g/mol. The van der Waals surface area contributed by atoms with Crippen LogP contribution in [0.1, 0.15) is 76.1 Å². The molecule has 3 aromatic rings. The number of aryl methyl sites for hydroxylation is 2. The van der Waals surface area contributed by atoms with Gasteiger partial charge in [-0.3, -0.25) is 4.98 Å². The Morgan fingerprint density at radius 2 is 1.57 bits per heavy atom. The Kier molecular flexibility index (Phi) is 11.0. The smallest absolute Gasteiger partial charge is 0.391 e. The minimum atomic E-state index is -4.27. The van der Waals surface area contributed by atoms with Crippen molar-refractivity contribution < 1.29 is 36.6 Å². The SMILES string of the molecule is Cc1nc(C)c(C(OC(C)(C)C)C(=O)OC(C)C)c(N2CCC(C(F)(F)F)CC2)c1-c1ccc(OCCc2ccc(F)cc2)cc1. The van der Waals surface area contributed by atoms with Crippen LogP contribution in [0, 0.1) is 25.6 Å². The number of nitrogens with zero attached hydrogens (tertiary/aromatic N) is 2. The highest BCUT2D eigenvalue weighted by atomic mass is 19.4. The molecule has 1 aliphatic heterocycles. The van der Waals surface area contributed by atoms with E-state index < -0.39 is 35.9 Å². The third kappa shape index (κ3) is 8.99. The molecule has 1 aliphatic rings. The van der Waals surface area contributed by atoms with Crippen LogP contribution in [-0.2, 0) is 20.7 Å². The summed E-state index contributed by atoms with van der Waals surface area (Å²) in [6.45, 7) is 13.4. The van der Waals surface area contributed by atoms with Gasteiger partial charge in [-0.1, -0.05) is 24.3 Å². The van der Waals surface area contributed by atoms with Gasteiger partial charge in [0.1, 0.15) is 11.6 Å². The van der Waals surface area contributed by atoms with Gasteiger partial charge in [-0.25, -0.2) is 9.18 Å². The number of pyridine rings is 1. The first-order chi connectivity index (χ1) is 21.5. The largest absolute Gasteiger partial charge is 0.493 e. The molecule has 1 fully saturated rings. The van der Waals surface area contributed by atoms with E-state index >= 15 is 0 Å².